The number of benzene rings is 3. The van der Waals surface area contributed by atoms with Crippen molar-refractivity contribution in [3.05, 3.63) is 83.7 Å². The molecule has 5 N–H and O–H groups in total. The van der Waals surface area contributed by atoms with Crippen LogP contribution in [0.2, 0.25) is 0 Å². The molecule has 3 aromatic carbocycles. The highest BCUT2D eigenvalue weighted by Gasteiger charge is 2.33. The number of aliphatic hydroxyl groups excluding tert-OH is 2. The Balaban J connectivity index is 1.33. The second kappa shape index (κ2) is 13.6. The average Bonchev–Trinajstić information content (AvgIpc) is 3.51. The second-order valence-electron chi connectivity index (χ2n) is 11.3. The van der Waals surface area contributed by atoms with E-state index in [2.05, 4.69) is 31.3 Å². The Hall–Kier alpha value is -4.17. The zero-order chi connectivity index (χ0) is 31.3. The fraction of sp³-hybridized carbons (Fsp3) is 0.323. The lowest BCUT2D eigenvalue weighted by Gasteiger charge is -2.29. The highest BCUT2D eigenvalue weighted by molar-refractivity contribution is 8.00. The van der Waals surface area contributed by atoms with Gasteiger partial charge in [-0.05, 0) is 58.7 Å². The van der Waals surface area contributed by atoms with Gasteiger partial charge < -0.3 is 25.7 Å². The third-order valence-corrected chi connectivity index (χ3v) is 8.45. The number of aromatic amines is 1. The SMILES string of the molecule is CC(C)(CC(=O)N[C@@H]1Sc2cc(F)ccc2CN(Cc2ccc(-c3ccccc3-c3nnn[nH]3)cc2)C1=O)NC[C@H](O)CO. The maximum atomic E-state index is 14.2. The quantitative estimate of drug-likeness (QED) is 0.170. The van der Waals surface area contributed by atoms with Crippen LogP contribution in [0.4, 0.5) is 4.39 Å². The highest BCUT2D eigenvalue weighted by Crippen LogP contribution is 2.34. The summed E-state index contributed by atoms with van der Waals surface area (Å²) in [5, 5.41) is 37.9. The fourth-order valence-electron chi connectivity index (χ4n) is 4.96. The Bertz CT molecular complexity index is 1600. The number of nitrogens with one attached hydrogen (secondary N) is 3. The van der Waals surface area contributed by atoms with Crippen molar-refractivity contribution in [3.8, 4) is 22.5 Å². The lowest BCUT2D eigenvalue weighted by molar-refractivity contribution is -0.135. The molecule has 0 saturated carbocycles. The van der Waals surface area contributed by atoms with E-state index in [1.165, 1.54) is 12.1 Å². The summed E-state index contributed by atoms with van der Waals surface area (Å²) in [6.45, 7) is 3.83. The summed E-state index contributed by atoms with van der Waals surface area (Å²) in [7, 11) is 0. The molecule has 5 rings (SSSR count). The van der Waals surface area contributed by atoms with Gasteiger partial charge in [0.05, 0.1) is 12.7 Å². The molecule has 230 valence electrons. The minimum Gasteiger partial charge on any atom is -0.394 e. The summed E-state index contributed by atoms with van der Waals surface area (Å²) in [6, 6.07) is 20.0. The van der Waals surface area contributed by atoms with Gasteiger partial charge in [-0.3, -0.25) is 9.59 Å². The third-order valence-electron chi connectivity index (χ3n) is 7.26. The van der Waals surface area contributed by atoms with Gasteiger partial charge in [-0.1, -0.05) is 66.4 Å². The van der Waals surface area contributed by atoms with Crippen molar-refractivity contribution in [1.82, 2.24) is 36.2 Å². The van der Waals surface area contributed by atoms with Gasteiger partial charge in [-0.2, -0.15) is 0 Å². The minimum atomic E-state index is -0.967. The van der Waals surface area contributed by atoms with E-state index in [9.17, 15) is 19.1 Å². The number of hydrogen-bond donors (Lipinski definition) is 5. The molecule has 0 fully saturated rings. The number of nitrogens with zero attached hydrogens (tertiary/aromatic N) is 4. The number of amides is 2. The Morgan fingerprint density at radius 3 is 2.61 bits per heavy atom. The monoisotopic (exact) mass is 619 g/mol. The Morgan fingerprint density at radius 2 is 1.91 bits per heavy atom. The molecule has 1 aliphatic heterocycles. The molecule has 0 aliphatic carbocycles. The molecular weight excluding hydrogens is 585 g/mol. The van der Waals surface area contributed by atoms with Crippen LogP contribution >= 0.6 is 11.8 Å². The third kappa shape index (κ3) is 7.66. The summed E-state index contributed by atoms with van der Waals surface area (Å²) >= 11 is 1.11. The number of carbonyl (C=O) groups is 2. The highest BCUT2D eigenvalue weighted by atomic mass is 32.2. The van der Waals surface area contributed by atoms with E-state index in [4.69, 9.17) is 5.11 Å². The van der Waals surface area contributed by atoms with E-state index < -0.39 is 29.4 Å². The zero-order valence-corrected chi connectivity index (χ0v) is 25.1. The number of aromatic nitrogens is 4. The number of tetrazole rings is 1. The van der Waals surface area contributed by atoms with Crippen molar-refractivity contribution in [3.63, 3.8) is 0 Å². The number of fused-ring (bicyclic) bond motifs is 1. The van der Waals surface area contributed by atoms with Gasteiger partial charge in [0.2, 0.25) is 5.91 Å². The number of halogens is 1. The normalized spacial score (nSPS) is 15.9. The first-order valence-corrected chi connectivity index (χ1v) is 15.0. The lowest BCUT2D eigenvalue weighted by atomic mass is 9.98. The number of H-pyrrole nitrogens is 1. The topological polar surface area (TPSA) is 156 Å². The first-order chi connectivity index (χ1) is 21.1. The lowest BCUT2D eigenvalue weighted by Crippen LogP contribution is -2.50. The van der Waals surface area contributed by atoms with Gasteiger partial charge in [-0.15, -0.1) is 5.10 Å². The van der Waals surface area contributed by atoms with Crippen LogP contribution in [0.3, 0.4) is 0 Å². The maximum Gasteiger partial charge on any atom is 0.256 e. The van der Waals surface area contributed by atoms with Crippen LogP contribution in [-0.4, -0.2) is 77.7 Å². The smallest absolute Gasteiger partial charge is 0.256 e. The molecule has 4 aromatic rings. The van der Waals surface area contributed by atoms with Crippen LogP contribution in [0.1, 0.15) is 31.4 Å². The molecule has 0 spiro atoms. The Kier molecular flexibility index (Phi) is 9.69. The molecule has 2 heterocycles. The van der Waals surface area contributed by atoms with Crippen molar-refractivity contribution >= 4 is 23.6 Å². The van der Waals surface area contributed by atoms with Gasteiger partial charge in [-0.25, -0.2) is 9.49 Å². The number of thioether (sulfide) groups is 1. The van der Waals surface area contributed by atoms with Crippen molar-refractivity contribution in [1.29, 1.82) is 0 Å². The van der Waals surface area contributed by atoms with Crippen LogP contribution in [0.15, 0.2) is 71.6 Å². The molecule has 11 nitrogen and oxygen atoms in total. The molecule has 13 heteroatoms. The van der Waals surface area contributed by atoms with E-state index in [0.717, 1.165) is 39.6 Å². The summed E-state index contributed by atoms with van der Waals surface area (Å²) < 4.78 is 14.2. The first-order valence-electron chi connectivity index (χ1n) is 14.1. The zero-order valence-electron chi connectivity index (χ0n) is 24.3. The van der Waals surface area contributed by atoms with E-state index in [1.807, 2.05) is 48.5 Å². The van der Waals surface area contributed by atoms with Gasteiger partial charge in [0.1, 0.15) is 5.82 Å². The van der Waals surface area contributed by atoms with Gasteiger partial charge in [0.25, 0.3) is 5.91 Å². The number of rotatable bonds is 11. The second-order valence-corrected chi connectivity index (χ2v) is 12.4. The summed E-state index contributed by atoms with van der Waals surface area (Å²) in [5.41, 5.74) is 3.71. The fourth-order valence-corrected chi connectivity index (χ4v) is 6.12. The Morgan fingerprint density at radius 1 is 1.16 bits per heavy atom. The molecule has 1 aliphatic rings. The van der Waals surface area contributed by atoms with E-state index in [-0.39, 0.29) is 37.9 Å². The minimum absolute atomic E-state index is 0.0125. The van der Waals surface area contributed by atoms with Crippen LogP contribution in [-0.2, 0) is 22.7 Å². The number of carbonyl (C=O) groups excluding carboxylic acids is 2. The Labute approximate surface area is 258 Å². The molecule has 44 heavy (non-hydrogen) atoms. The van der Waals surface area contributed by atoms with E-state index in [0.29, 0.717) is 10.7 Å². The predicted octanol–water partition coefficient (Wildman–Crippen LogP) is 2.86. The summed E-state index contributed by atoms with van der Waals surface area (Å²) in [6.07, 6.45) is -0.941. The van der Waals surface area contributed by atoms with Gasteiger partial charge >= 0.3 is 0 Å². The molecule has 0 saturated heterocycles. The standard InChI is InChI=1S/C31H34FN7O4S/c1-31(2,33-15-23(41)18-40)14-27(42)34-29-30(43)39(17-21-11-12-22(32)13-26(21)44-29)16-19-7-9-20(10-8-19)24-5-3-4-6-25(24)28-35-37-38-36-28/h3-13,23,29,33,40-41H,14-18H2,1-2H3,(H,34,42)(H,35,36,37,38)/t23-,29+/m0/s1. The molecule has 2 amide bonds. The molecule has 0 bridgehead atoms. The number of aliphatic hydroxyl groups is 2. The predicted molar refractivity (Wildman–Crippen MR) is 163 cm³/mol. The van der Waals surface area contributed by atoms with Crippen molar-refractivity contribution in [2.45, 2.75) is 55.3 Å². The molecular formula is C31H34FN7O4S. The van der Waals surface area contributed by atoms with E-state index >= 15 is 0 Å². The molecule has 0 unspecified atom stereocenters. The van der Waals surface area contributed by atoms with Gasteiger partial charge in [0.15, 0.2) is 11.2 Å². The largest absolute Gasteiger partial charge is 0.394 e. The van der Waals surface area contributed by atoms with Crippen molar-refractivity contribution in [2.75, 3.05) is 13.2 Å². The van der Waals surface area contributed by atoms with Crippen molar-refractivity contribution < 1.29 is 24.2 Å². The summed E-state index contributed by atoms with van der Waals surface area (Å²) in [5.74, 6) is -0.542. The number of β-amino-alcohol motifs (C(OH)–C–C–N with tert-alkyl or cyclic N) is 1. The maximum absolute atomic E-state index is 14.2. The van der Waals surface area contributed by atoms with Crippen LogP contribution in [0.25, 0.3) is 22.5 Å². The van der Waals surface area contributed by atoms with Crippen LogP contribution < -0.4 is 10.6 Å². The molecule has 0 radical (unpaired) electrons. The van der Waals surface area contributed by atoms with Crippen LogP contribution in [0, 0.1) is 5.82 Å². The molecule has 1 aromatic heterocycles. The van der Waals surface area contributed by atoms with Gasteiger partial charge in [0, 0.05) is 42.1 Å². The first kappa shape index (κ1) is 31.3. The average molecular weight is 620 g/mol. The van der Waals surface area contributed by atoms with E-state index in [1.54, 1.807) is 24.8 Å². The number of hydrogen-bond acceptors (Lipinski definition) is 9. The summed E-state index contributed by atoms with van der Waals surface area (Å²) in [4.78, 5) is 29.2. The van der Waals surface area contributed by atoms with Crippen molar-refractivity contribution in [2.24, 2.45) is 0 Å². The van der Waals surface area contributed by atoms with Crippen LogP contribution in [0.5, 0.6) is 0 Å². The molecule has 2 atom stereocenters.